The van der Waals surface area contributed by atoms with Crippen molar-refractivity contribution in [3.05, 3.63) is 29.8 Å². The lowest BCUT2D eigenvalue weighted by Gasteiger charge is -2.12. The number of nitrogens with one attached hydrogen (secondary N) is 3. The second-order valence-corrected chi connectivity index (χ2v) is 5.48. The summed E-state index contributed by atoms with van der Waals surface area (Å²) in [5.74, 6) is 0. The van der Waals surface area contributed by atoms with Crippen LogP contribution in [0, 0.1) is 0 Å². The van der Waals surface area contributed by atoms with Crippen LogP contribution in [0.5, 0.6) is 0 Å². The molecule has 0 aromatic heterocycles. The monoisotopic (exact) mass is 301 g/mol. The molecule has 1 aromatic carbocycles. The molecule has 3 N–H and O–H groups in total. The number of carbonyl (C=O) groups excluding carboxylic acids is 1. The van der Waals surface area contributed by atoms with E-state index in [1.54, 1.807) is 35.9 Å². The predicted molar refractivity (Wildman–Crippen MR) is 76.6 cm³/mol. The Labute approximate surface area is 118 Å². The second kappa shape index (κ2) is 7.11. The van der Waals surface area contributed by atoms with Crippen molar-refractivity contribution < 1.29 is 17.9 Å². The number of rotatable bonds is 6. The van der Waals surface area contributed by atoms with Gasteiger partial charge in [-0.1, -0.05) is 12.1 Å². The summed E-state index contributed by atoms with van der Waals surface area (Å²) >= 11 is 0. The minimum absolute atomic E-state index is 0.0952. The summed E-state index contributed by atoms with van der Waals surface area (Å²) in [5, 5.41) is 3.08. The third kappa shape index (κ3) is 5.06. The zero-order chi connectivity index (χ0) is 15.2. The zero-order valence-corrected chi connectivity index (χ0v) is 12.5. The molecular weight excluding hydrogens is 282 g/mol. The van der Waals surface area contributed by atoms with Crippen molar-refractivity contribution in [1.82, 2.24) is 10.0 Å². The Morgan fingerprint density at radius 3 is 2.40 bits per heavy atom. The molecule has 1 atom stereocenters. The molecule has 1 rings (SSSR count). The van der Waals surface area contributed by atoms with E-state index in [4.69, 9.17) is 0 Å². The Morgan fingerprint density at radius 1 is 1.30 bits per heavy atom. The highest BCUT2D eigenvalue weighted by Gasteiger charge is 2.15. The Hall–Kier alpha value is -1.80. The number of ether oxygens (including phenoxy) is 1. The third-order valence-electron chi connectivity index (χ3n) is 2.59. The number of hydrogen-bond acceptors (Lipinski definition) is 5. The Balaban J connectivity index is 2.70. The summed E-state index contributed by atoms with van der Waals surface area (Å²) in [6, 6.07) is 6.99. The normalized spacial score (nSPS) is 12.6. The van der Waals surface area contributed by atoms with E-state index in [0.29, 0.717) is 5.69 Å². The molecule has 112 valence electrons. The molecule has 0 heterocycles. The molecule has 0 bridgehead atoms. The molecule has 0 aliphatic rings. The lowest BCUT2D eigenvalue weighted by molar-refractivity contribution is 0.159. The van der Waals surface area contributed by atoms with Gasteiger partial charge < -0.3 is 10.1 Å². The van der Waals surface area contributed by atoms with Crippen LogP contribution in [0.4, 0.5) is 10.5 Å². The molecule has 0 spiro atoms. The molecule has 1 aromatic rings. The summed E-state index contributed by atoms with van der Waals surface area (Å²) in [4.78, 5) is 11.1. The largest absolute Gasteiger partial charge is 0.449 e. The number of hydrogen-bond donors (Lipinski definition) is 3. The lowest BCUT2D eigenvalue weighted by Crippen LogP contribution is -2.35. The van der Waals surface area contributed by atoms with Gasteiger partial charge in [0.15, 0.2) is 0 Å². The fourth-order valence-electron chi connectivity index (χ4n) is 1.46. The van der Waals surface area contributed by atoms with Gasteiger partial charge in [0.05, 0.1) is 12.3 Å². The lowest BCUT2D eigenvalue weighted by atomic mass is 10.1. The van der Waals surface area contributed by atoms with Crippen molar-refractivity contribution in [1.29, 1.82) is 0 Å². The van der Waals surface area contributed by atoms with E-state index in [0.717, 1.165) is 5.56 Å². The smallest absolute Gasteiger partial charge is 0.422 e. The van der Waals surface area contributed by atoms with Crippen molar-refractivity contribution in [2.45, 2.75) is 19.9 Å². The molecule has 0 radical (unpaired) electrons. The molecule has 1 amide bonds. The van der Waals surface area contributed by atoms with Gasteiger partial charge in [0, 0.05) is 6.04 Å². The van der Waals surface area contributed by atoms with Crippen molar-refractivity contribution in [3.8, 4) is 0 Å². The van der Waals surface area contributed by atoms with Gasteiger partial charge in [-0.25, -0.2) is 9.52 Å². The summed E-state index contributed by atoms with van der Waals surface area (Å²) < 4.78 is 31.7. The van der Waals surface area contributed by atoms with Crippen LogP contribution in [0.15, 0.2) is 24.3 Å². The van der Waals surface area contributed by atoms with Gasteiger partial charge in [-0.05, 0) is 38.6 Å². The summed E-state index contributed by atoms with van der Waals surface area (Å²) in [6.07, 6.45) is -1.01. The minimum atomic E-state index is -3.98. The maximum atomic E-state index is 11.6. The van der Waals surface area contributed by atoms with Crippen LogP contribution >= 0.6 is 0 Å². The average molecular weight is 301 g/mol. The fourth-order valence-corrected chi connectivity index (χ4v) is 2.23. The van der Waals surface area contributed by atoms with Crippen LogP contribution in [0.2, 0.25) is 0 Å². The maximum absolute atomic E-state index is 11.6. The van der Waals surface area contributed by atoms with Crippen LogP contribution in [-0.2, 0) is 14.9 Å². The maximum Gasteiger partial charge on any atom is 0.422 e. The van der Waals surface area contributed by atoms with E-state index in [-0.39, 0.29) is 12.6 Å². The Morgan fingerprint density at radius 2 is 1.90 bits per heavy atom. The topological polar surface area (TPSA) is 96.5 Å². The van der Waals surface area contributed by atoms with E-state index in [2.05, 4.69) is 14.8 Å². The van der Waals surface area contributed by atoms with E-state index in [1.165, 1.54) is 0 Å². The highest BCUT2D eigenvalue weighted by atomic mass is 32.2. The van der Waals surface area contributed by atoms with Gasteiger partial charge in [-0.15, -0.1) is 0 Å². The summed E-state index contributed by atoms with van der Waals surface area (Å²) in [7, 11) is -2.15. The SMILES string of the molecule is CCOC(=O)NS(=O)(=O)Nc1ccc(C(C)NC)cc1. The summed E-state index contributed by atoms with van der Waals surface area (Å²) in [6.45, 7) is 3.67. The first-order chi connectivity index (χ1) is 9.38. The molecule has 20 heavy (non-hydrogen) atoms. The van der Waals surface area contributed by atoms with Crippen LogP contribution in [-0.4, -0.2) is 28.2 Å². The van der Waals surface area contributed by atoms with Gasteiger partial charge in [0.1, 0.15) is 0 Å². The molecule has 0 saturated heterocycles. The second-order valence-electron chi connectivity index (χ2n) is 4.06. The van der Waals surface area contributed by atoms with Crippen LogP contribution in [0.1, 0.15) is 25.5 Å². The number of anilines is 1. The van der Waals surface area contributed by atoms with Crippen molar-refractivity contribution >= 4 is 22.0 Å². The first kappa shape index (κ1) is 16.3. The molecule has 1 unspecified atom stereocenters. The minimum Gasteiger partial charge on any atom is -0.449 e. The number of benzene rings is 1. The number of carbonyl (C=O) groups is 1. The molecular formula is C12H19N3O4S. The molecule has 7 nitrogen and oxygen atoms in total. The first-order valence-electron chi connectivity index (χ1n) is 6.12. The van der Waals surface area contributed by atoms with Gasteiger partial charge >= 0.3 is 16.3 Å². The van der Waals surface area contributed by atoms with E-state index in [9.17, 15) is 13.2 Å². The molecule has 0 fully saturated rings. The third-order valence-corrected chi connectivity index (χ3v) is 3.53. The average Bonchev–Trinajstić information content (AvgIpc) is 2.37. The summed E-state index contributed by atoms with van der Waals surface area (Å²) in [5.41, 5.74) is 1.38. The van der Waals surface area contributed by atoms with Gasteiger partial charge in [0.25, 0.3) is 0 Å². The molecule has 0 saturated carbocycles. The molecule has 0 aliphatic heterocycles. The van der Waals surface area contributed by atoms with Gasteiger partial charge in [0.2, 0.25) is 0 Å². The predicted octanol–water partition coefficient (Wildman–Crippen LogP) is 1.37. The quantitative estimate of drug-likeness (QED) is 0.737. The van der Waals surface area contributed by atoms with Crippen molar-refractivity contribution in [2.75, 3.05) is 18.4 Å². The number of amides is 1. The van der Waals surface area contributed by atoms with Gasteiger partial charge in [-0.3, -0.25) is 4.72 Å². The van der Waals surface area contributed by atoms with Crippen LogP contribution < -0.4 is 14.8 Å². The fraction of sp³-hybridized carbons (Fsp3) is 0.417. The van der Waals surface area contributed by atoms with Gasteiger partial charge in [-0.2, -0.15) is 8.42 Å². The zero-order valence-electron chi connectivity index (χ0n) is 11.6. The highest BCUT2D eigenvalue weighted by Crippen LogP contribution is 2.16. The van der Waals surface area contributed by atoms with E-state index in [1.807, 2.05) is 14.0 Å². The van der Waals surface area contributed by atoms with Crippen molar-refractivity contribution in [2.24, 2.45) is 0 Å². The molecule has 0 aliphatic carbocycles. The Kier molecular flexibility index (Phi) is 5.78. The van der Waals surface area contributed by atoms with E-state index >= 15 is 0 Å². The van der Waals surface area contributed by atoms with Crippen LogP contribution in [0.3, 0.4) is 0 Å². The highest BCUT2D eigenvalue weighted by molar-refractivity contribution is 7.91. The van der Waals surface area contributed by atoms with E-state index < -0.39 is 16.3 Å². The first-order valence-corrected chi connectivity index (χ1v) is 7.60. The standard InChI is InChI=1S/C12H19N3O4S/c1-4-19-12(16)15-20(17,18)14-11-7-5-10(6-8-11)9(2)13-3/h5-9,13-14H,4H2,1-3H3,(H,15,16). The Bertz CT molecular complexity index is 542. The van der Waals surface area contributed by atoms with Crippen LogP contribution in [0.25, 0.3) is 0 Å². The van der Waals surface area contributed by atoms with Crippen molar-refractivity contribution in [3.63, 3.8) is 0 Å². The molecule has 8 heteroatoms.